The van der Waals surface area contributed by atoms with E-state index in [0.29, 0.717) is 11.8 Å². The first-order chi connectivity index (χ1) is 32.7. The van der Waals surface area contributed by atoms with E-state index in [1.54, 1.807) is 0 Å². The van der Waals surface area contributed by atoms with Crippen LogP contribution in [-0.2, 0) is 6.54 Å². The lowest BCUT2D eigenvalue weighted by Gasteiger charge is -2.18. The molecule has 2 aliphatic carbocycles. The standard InChI is InChI=1S/C66H81N/c1-8-9-10-11-12-17-40-67-65-38-32-51(49-30-36-59-55-26-15-13-24-53(55)57(61(59)41-49)34-28-47(6)22-18-20-45(2)3)43-63(65)64-44-52(33-39-66(64)67)50-31-37-60-56-27-16-14-25-54(56)58(62(60)42-50)35-29-48(7)23-19-21-46(4)5/h13-16,24-27,30-33,36-39,41-48,57-58H,8-12,17-23,28-29,34-35,40H2,1-7H3. The third-order valence-electron chi connectivity index (χ3n) is 16.2. The number of unbranched alkanes of at least 4 members (excludes halogenated alkanes) is 5. The Morgan fingerprint density at radius 2 is 0.806 bits per heavy atom. The molecule has 4 atom stereocenters. The zero-order valence-corrected chi connectivity index (χ0v) is 42.5. The number of hydrogen-bond acceptors (Lipinski definition) is 0. The zero-order valence-electron chi connectivity index (χ0n) is 42.5. The third kappa shape index (κ3) is 10.4. The van der Waals surface area contributed by atoms with Gasteiger partial charge in [-0.15, -0.1) is 0 Å². The molecule has 1 heterocycles. The maximum Gasteiger partial charge on any atom is 0.0491 e. The van der Waals surface area contributed by atoms with E-state index in [2.05, 4.69) is 174 Å². The molecule has 9 rings (SSSR count). The third-order valence-corrected chi connectivity index (χ3v) is 16.2. The summed E-state index contributed by atoms with van der Waals surface area (Å²) < 4.78 is 2.65. The molecule has 1 nitrogen and oxygen atoms in total. The van der Waals surface area contributed by atoms with Gasteiger partial charge in [-0.05, 0) is 159 Å². The van der Waals surface area contributed by atoms with Crippen LogP contribution in [-0.4, -0.2) is 4.57 Å². The zero-order chi connectivity index (χ0) is 46.4. The van der Waals surface area contributed by atoms with Gasteiger partial charge in [0.05, 0.1) is 0 Å². The van der Waals surface area contributed by atoms with Gasteiger partial charge in [0.25, 0.3) is 0 Å². The van der Waals surface area contributed by atoms with Gasteiger partial charge in [0.1, 0.15) is 0 Å². The first kappa shape index (κ1) is 47.2. The van der Waals surface area contributed by atoms with E-state index in [4.69, 9.17) is 0 Å². The van der Waals surface area contributed by atoms with E-state index in [-0.39, 0.29) is 0 Å². The van der Waals surface area contributed by atoms with Crippen molar-refractivity contribution in [2.24, 2.45) is 23.7 Å². The fourth-order valence-corrected chi connectivity index (χ4v) is 12.3. The molecule has 0 aliphatic heterocycles. The number of aromatic nitrogens is 1. The molecule has 1 aromatic heterocycles. The predicted molar refractivity (Wildman–Crippen MR) is 292 cm³/mol. The highest BCUT2D eigenvalue weighted by Crippen LogP contribution is 2.50. The summed E-state index contributed by atoms with van der Waals surface area (Å²) in [6, 6.07) is 48.1. The van der Waals surface area contributed by atoms with Crippen LogP contribution in [0.1, 0.15) is 185 Å². The highest BCUT2D eigenvalue weighted by atomic mass is 15.0. The van der Waals surface area contributed by atoms with Crippen LogP contribution in [0.4, 0.5) is 0 Å². The Labute approximate surface area is 405 Å². The smallest absolute Gasteiger partial charge is 0.0491 e. The molecule has 6 aromatic carbocycles. The minimum absolute atomic E-state index is 0.460. The Bertz CT molecular complexity index is 2580. The molecule has 0 fully saturated rings. The highest BCUT2D eigenvalue weighted by Gasteiger charge is 2.31. The molecule has 7 aromatic rings. The number of hydrogen-bond donors (Lipinski definition) is 0. The summed E-state index contributed by atoms with van der Waals surface area (Å²) in [5.41, 5.74) is 19.9. The molecular formula is C66H81N. The van der Waals surface area contributed by atoms with Crippen molar-refractivity contribution < 1.29 is 0 Å². The first-order valence-electron chi connectivity index (χ1n) is 27.2. The van der Waals surface area contributed by atoms with E-state index in [0.717, 1.165) is 30.2 Å². The number of nitrogens with zero attached hydrogens (tertiary/aromatic N) is 1. The van der Waals surface area contributed by atoms with Crippen LogP contribution >= 0.6 is 0 Å². The summed E-state index contributed by atoms with van der Waals surface area (Å²) in [7, 11) is 0. The second-order valence-electron chi connectivity index (χ2n) is 22.3. The maximum absolute atomic E-state index is 2.65. The summed E-state index contributed by atoms with van der Waals surface area (Å²) in [5.74, 6) is 4.02. The van der Waals surface area contributed by atoms with E-state index in [9.17, 15) is 0 Å². The first-order valence-corrected chi connectivity index (χ1v) is 27.2. The number of benzene rings is 6. The van der Waals surface area contributed by atoms with Crippen molar-refractivity contribution in [2.45, 2.75) is 170 Å². The van der Waals surface area contributed by atoms with Crippen LogP contribution in [0.15, 0.2) is 121 Å². The number of aryl methyl sites for hydroxylation is 1. The van der Waals surface area contributed by atoms with Gasteiger partial charge in [0.15, 0.2) is 0 Å². The molecule has 2 aliphatic rings. The second-order valence-corrected chi connectivity index (χ2v) is 22.3. The van der Waals surface area contributed by atoms with Crippen molar-refractivity contribution in [1.29, 1.82) is 0 Å². The lowest BCUT2D eigenvalue weighted by atomic mass is 9.86. The topological polar surface area (TPSA) is 4.93 Å². The minimum Gasteiger partial charge on any atom is -0.340 e. The Morgan fingerprint density at radius 3 is 1.28 bits per heavy atom. The van der Waals surface area contributed by atoms with E-state index in [1.165, 1.54) is 191 Å². The van der Waals surface area contributed by atoms with Gasteiger partial charge in [-0.2, -0.15) is 0 Å². The van der Waals surface area contributed by atoms with E-state index in [1.807, 2.05) is 0 Å². The van der Waals surface area contributed by atoms with Gasteiger partial charge in [-0.3, -0.25) is 0 Å². The molecule has 1 heteroatoms. The normalized spacial score (nSPS) is 16.0. The van der Waals surface area contributed by atoms with Crippen molar-refractivity contribution in [3.05, 3.63) is 144 Å². The lowest BCUT2D eigenvalue weighted by molar-refractivity contribution is 0.420. The van der Waals surface area contributed by atoms with E-state index < -0.39 is 0 Å². The Balaban J connectivity index is 1.05. The van der Waals surface area contributed by atoms with Crippen molar-refractivity contribution in [3.63, 3.8) is 0 Å². The quantitative estimate of drug-likeness (QED) is 0.0564. The summed E-state index contributed by atoms with van der Waals surface area (Å²) in [6.45, 7) is 17.8. The van der Waals surface area contributed by atoms with Gasteiger partial charge in [0.2, 0.25) is 0 Å². The second kappa shape index (κ2) is 21.6. The Hall–Kier alpha value is -4.88. The predicted octanol–water partition coefficient (Wildman–Crippen LogP) is 20.2. The van der Waals surface area contributed by atoms with E-state index >= 15 is 0 Å². The molecular weight excluding hydrogens is 807 g/mol. The van der Waals surface area contributed by atoms with Crippen LogP contribution in [0.25, 0.3) is 66.3 Å². The molecule has 0 spiro atoms. The number of rotatable bonds is 23. The van der Waals surface area contributed by atoms with Gasteiger partial charge < -0.3 is 4.57 Å². The summed E-state index contributed by atoms with van der Waals surface area (Å²) in [6.07, 6.45) is 20.9. The molecule has 0 bridgehead atoms. The van der Waals surface area contributed by atoms with Gasteiger partial charge in [-0.1, -0.05) is 204 Å². The van der Waals surface area contributed by atoms with Crippen LogP contribution in [0.5, 0.6) is 0 Å². The molecule has 0 saturated heterocycles. The Morgan fingerprint density at radius 1 is 0.388 bits per heavy atom. The van der Waals surface area contributed by atoms with Crippen LogP contribution in [0.2, 0.25) is 0 Å². The summed E-state index contributed by atoms with van der Waals surface area (Å²) >= 11 is 0. The highest BCUT2D eigenvalue weighted by molar-refractivity contribution is 6.10. The SMILES string of the molecule is CCCCCCCCn1c2ccc(-c3ccc4c(c3)C(CCC(C)CCCC(C)C)c3ccccc3-4)cc2c2cc(-c3ccc4c(c3)C(CCC(C)CCCC(C)C)c3ccccc3-4)ccc21. The van der Waals surface area contributed by atoms with Crippen LogP contribution < -0.4 is 0 Å². The van der Waals surface area contributed by atoms with Crippen molar-refractivity contribution in [2.75, 3.05) is 0 Å². The summed E-state index contributed by atoms with van der Waals surface area (Å²) in [5, 5.41) is 2.77. The fourth-order valence-electron chi connectivity index (χ4n) is 12.3. The average Bonchev–Trinajstić information content (AvgIpc) is 3.94. The number of fused-ring (bicyclic) bond motifs is 9. The van der Waals surface area contributed by atoms with Crippen LogP contribution in [0.3, 0.4) is 0 Å². The van der Waals surface area contributed by atoms with Gasteiger partial charge in [0, 0.05) is 40.2 Å². The molecule has 350 valence electrons. The van der Waals surface area contributed by atoms with Crippen LogP contribution in [0, 0.1) is 23.7 Å². The maximum atomic E-state index is 2.65. The van der Waals surface area contributed by atoms with Crippen molar-refractivity contribution in [1.82, 2.24) is 4.57 Å². The minimum atomic E-state index is 0.460. The Kier molecular flexibility index (Phi) is 15.2. The molecule has 0 N–H and O–H groups in total. The van der Waals surface area contributed by atoms with Crippen molar-refractivity contribution in [3.8, 4) is 44.5 Å². The molecule has 0 saturated carbocycles. The molecule has 0 amide bonds. The van der Waals surface area contributed by atoms with Gasteiger partial charge in [-0.25, -0.2) is 0 Å². The molecule has 67 heavy (non-hydrogen) atoms. The summed E-state index contributed by atoms with van der Waals surface area (Å²) in [4.78, 5) is 0. The fraction of sp³-hybridized carbons (Fsp3) is 0.455. The lowest BCUT2D eigenvalue weighted by Crippen LogP contribution is -2.02. The van der Waals surface area contributed by atoms with Crippen molar-refractivity contribution >= 4 is 21.8 Å². The average molecular weight is 888 g/mol. The van der Waals surface area contributed by atoms with Gasteiger partial charge >= 0.3 is 0 Å². The largest absolute Gasteiger partial charge is 0.340 e. The molecule has 4 unspecified atom stereocenters. The molecule has 0 radical (unpaired) electrons. The monoisotopic (exact) mass is 888 g/mol.